The lowest BCUT2D eigenvalue weighted by molar-refractivity contribution is 0.176. The van der Waals surface area contributed by atoms with Gasteiger partial charge in [-0.2, -0.15) is 4.31 Å². The van der Waals surface area contributed by atoms with Crippen molar-refractivity contribution in [1.82, 2.24) is 9.62 Å². The van der Waals surface area contributed by atoms with Crippen LogP contribution in [0.15, 0.2) is 35.2 Å². The fourth-order valence-electron chi connectivity index (χ4n) is 2.40. The summed E-state index contributed by atoms with van der Waals surface area (Å²) in [6.45, 7) is 2.25. The van der Waals surface area contributed by atoms with Gasteiger partial charge in [-0.3, -0.25) is 0 Å². The van der Waals surface area contributed by atoms with Crippen molar-refractivity contribution in [3.63, 3.8) is 0 Å². The van der Waals surface area contributed by atoms with Gasteiger partial charge in [0.2, 0.25) is 10.0 Å². The molecule has 1 aliphatic heterocycles. The molecule has 112 valence electrons. The summed E-state index contributed by atoms with van der Waals surface area (Å²) in [5.41, 5.74) is 0. The van der Waals surface area contributed by atoms with E-state index in [-0.39, 0.29) is 6.04 Å². The summed E-state index contributed by atoms with van der Waals surface area (Å²) in [7, 11) is -1.86. The Kier molecular flexibility index (Phi) is 5.54. The predicted molar refractivity (Wildman–Crippen MR) is 78.1 cm³/mol. The molecule has 0 radical (unpaired) electrons. The first-order valence-electron chi connectivity index (χ1n) is 6.92. The largest absolute Gasteiger partial charge is 0.383 e. The van der Waals surface area contributed by atoms with Gasteiger partial charge in [0, 0.05) is 26.2 Å². The van der Waals surface area contributed by atoms with Gasteiger partial charge in [0.1, 0.15) is 0 Å². The number of hydrogen-bond donors (Lipinski definition) is 1. The average Bonchev–Trinajstić information content (AvgIpc) is 2.97. The van der Waals surface area contributed by atoms with Crippen LogP contribution < -0.4 is 5.32 Å². The van der Waals surface area contributed by atoms with Gasteiger partial charge in [-0.05, 0) is 31.5 Å². The Hall–Kier alpha value is -0.950. The number of rotatable bonds is 7. The van der Waals surface area contributed by atoms with Gasteiger partial charge in [0.15, 0.2) is 0 Å². The Morgan fingerprint density at radius 3 is 2.70 bits per heavy atom. The third-order valence-electron chi connectivity index (χ3n) is 3.51. The van der Waals surface area contributed by atoms with E-state index in [1.165, 1.54) is 4.31 Å². The molecule has 6 heteroatoms. The van der Waals surface area contributed by atoms with Crippen molar-refractivity contribution in [2.24, 2.45) is 0 Å². The van der Waals surface area contributed by atoms with E-state index >= 15 is 0 Å². The van der Waals surface area contributed by atoms with Crippen molar-refractivity contribution >= 4 is 10.0 Å². The summed E-state index contributed by atoms with van der Waals surface area (Å²) in [6.07, 6.45) is 2.13. The molecule has 1 aromatic rings. The molecule has 1 aromatic carbocycles. The lowest BCUT2D eigenvalue weighted by Gasteiger charge is -2.25. The Balaban J connectivity index is 2.15. The zero-order chi connectivity index (χ0) is 14.4. The average molecular weight is 298 g/mol. The molecule has 1 atom stereocenters. The smallest absolute Gasteiger partial charge is 0.243 e. The van der Waals surface area contributed by atoms with Crippen LogP contribution in [0.1, 0.15) is 12.8 Å². The molecule has 1 N–H and O–H groups in total. The van der Waals surface area contributed by atoms with Crippen LogP contribution in [-0.2, 0) is 14.8 Å². The minimum atomic E-state index is -3.45. The van der Waals surface area contributed by atoms with E-state index in [1.807, 2.05) is 6.07 Å². The first-order valence-corrected chi connectivity index (χ1v) is 8.36. The molecule has 0 saturated carbocycles. The quantitative estimate of drug-likeness (QED) is 0.818. The fourth-order valence-corrected chi connectivity index (χ4v) is 3.89. The van der Waals surface area contributed by atoms with Crippen LogP contribution in [-0.4, -0.2) is 52.1 Å². The summed E-state index contributed by atoms with van der Waals surface area (Å²) in [5, 5.41) is 3.34. The van der Waals surface area contributed by atoms with E-state index in [9.17, 15) is 8.42 Å². The Labute approximate surface area is 121 Å². The topological polar surface area (TPSA) is 58.6 Å². The molecule has 0 spiro atoms. The van der Waals surface area contributed by atoms with Gasteiger partial charge in [0.25, 0.3) is 0 Å². The summed E-state index contributed by atoms with van der Waals surface area (Å²) >= 11 is 0. The number of ether oxygens (including phenoxy) is 1. The summed E-state index contributed by atoms with van der Waals surface area (Å²) in [5.74, 6) is 0. The molecule has 0 amide bonds. The second-order valence-electron chi connectivity index (χ2n) is 4.96. The lowest BCUT2D eigenvalue weighted by Crippen LogP contribution is -2.42. The third-order valence-corrected chi connectivity index (χ3v) is 5.39. The zero-order valence-corrected chi connectivity index (χ0v) is 12.6. The monoisotopic (exact) mass is 298 g/mol. The summed E-state index contributed by atoms with van der Waals surface area (Å²) < 4.78 is 31.9. The van der Waals surface area contributed by atoms with Gasteiger partial charge in [-0.25, -0.2) is 8.42 Å². The number of hydrogen-bond acceptors (Lipinski definition) is 4. The van der Waals surface area contributed by atoms with E-state index < -0.39 is 10.0 Å². The van der Waals surface area contributed by atoms with Crippen molar-refractivity contribution in [1.29, 1.82) is 0 Å². The van der Waals surface area contributed by atoms with Crippen molar-refractivity contribution in [3.8, 4) is 0 Å². The molecule has 0 bridgehead atoms. The molecule has 0 aromatic heterocycles. The van der Waals surface area contributed by atoms with E-state index in [2.05, 4.69) is 5.32 Å². The highest BCUT2D eigenvalue weighted by molar-refractivity contribution is 7.89. The Morgan fingerprint density at radius 2 is 2.10 bits per heavy atom. The summed E-state index contributed by atoms with van der Waals surface area (Å²) in [4.78, 5) is 0.342. The van der Waals surface area contributed by atoms with Crippen LogP contribution in [0.3, 0.4) is 0 Å². The standard InChI is InChI=1S/C14H22N2O3S/c1-19-11-10-16(12-13-6-5-9-15-13)20(17,18)14-7-3-2-4-8-14/h2-4,7-8,13,15H,5-6,9-12H2,1H3. The predicted octanol–water partition coefficient (Wildman–Crippen LogP) is 1.08. The minimum Gasteiger partial charge on any atom is -0.383 e. The molecule has 1 aliphatic rings. The highest BCUT2D eigenvalue weighted by Gasteiger charge is 2.27. The number of sulfonamides is 1. The van der Waals surface area contributed by atoms with Crippen LogP contribution in [0, 0.1) is 0 Å². The number of benzene rings is 1. The second kappa shape index (κ2) is 7.17. The molecule has 1 fully saturated rings. The van der Waals surface area contributed by atoms with Gasteiger partial charge in [0.05, 0.1) is 11.5 Å². The number of nitrogens with one attached hydrogen (secondary N) is 1. The molecular formula is C14H22N2O3S. The molecule has 1 heterocycles. The van der Waals surface area contributed by atoms with Gasteiger partial charge in [-0.1, -0.05) is 18.2 Å². The third kappa shape index (κ3) is 3.79. The van der Waals surface area contributed by atoms with Crippen molar-refractivity contribution in [3.05, 3.63) is 30.3 Å². The molecule has 1 saturated heterocycles. The fraction of sp³-hybridized carbons (Fsp3) is 0.571. The number of nitrogens with zero attached hydrogens (tertiary/aromatic N) is 1. The van der Waals surface area contributed by atoms with E-state index in [1.54, 1.807) is 31.4 Å². The number of methoxy groups -OCH3 is 1. The van der Waals surface area contributed by atoms with Crippen LogP contribution in [0.5, 0.6) is 0 Å². The molecule has 20 heavy (non-hydrogen) atoms. The highest BCUT2D eigenvalue weighted by atomic mass is 32.2. The maximum Gasteiger partial charge on any atom is 0.243 e. The minimum absolute atomic E-state index is 0.241. The molecular weight excluding hydrogens is 276 g/mol. The zero-order valence-electron chi connectivity index (χ0n) is 11.8. The van der Waals surface area contributed by atoms with Crippen LogP contribution in [0.4, 0.5) is 0 Å². The molecule has 0 aliphatic carbocycles. The Morgan fingerprint density at radius 1 is 1.35 bits per heavy atom. The van der Waals surface area contributed by atoms with E-state index in [4.69, 9.17) is 4.74 Å². The molecule has 5 nitrogen and oxygen atoms in total. The summed E-state index contributed by atoms with van der Waals surface area (Å²) in [6, 6.07) is 8.82. The van der Waals surface area contributed by atoms with Gasteiger partial charge in [-0.15, -0.1) is 0 Å². The lowest BCUT2D eigenvalue weighted by atomic mass is 10.2. The van der Waals surface area contributed by atoms with E-state index in [0.29, 0.717) is 24.6 Å². The van der Waals surface area contributed by atoms with E-state index in [0.717, 1.165) is 19.4 Å². The highest BCUT2D eigenvalue weighted by Crippen LogP contribution is 2.17. The van der Waals surface area contributed by atoms with Crippen molar-refractivity contribution < 1.29 is 13.2 Å². The first kappa shape index (κ1) is 15.4. The molecule has 1 unspecified atom stereocenters. The van der Waals surface area contributed by atoms with Crippen LogP contribution in [0.2, 0.25) is 0 Å². The second-order valence-corrected chi connectivity index (χ2v) is 6.90. The first-order chi connectivity index (χ1) is 9.64. The van der Waals surface area contributed by atoms with Gasteiger partial charge < -0.3 is 10.1 Å². The SMILES string of the molecule is COCCN(CC1CCCN1)S(=O)(=O)c1ccccc1. The van der Waals surface area contributed by atoms with Crippen LogP contribution >= 0.6 is 0 Å². The van der Waals surface area contributed by atoms with Crippen LogP contribution in [0.25, 0.3) is 0 Å². The van der Waals surface area contributed by atoms with Crippen molar-refractivity contribution in [2.45, 2.75) is 23.8 Å². The molecule has 2 rings (SSSR count). The maximum atomic E-state index is 12.7. The normalized spacial score (nSPS) is 19.6. The van der Waals surface area contributed by atoms with Crippen molar-refractivity contribution in [2.75, 3.05) is 33.4 Å². The maximum absolute atomic E-state index is 12.7. The van der Waals surface area contributed by atoms with Gasteiger partial charge >= 0.3 is 0 Å². The Bertz CT molecular complexity index is 498.